The molecule has 8 heavy (non-hydrogen) atoms. The molecule has 1 aliphatic heterocycles. The Hall–Kier alpha value is -0.110. The van der Waals surface area contributed by atoms with E-state index in [2.05, 4.69) is 5.32 Å². The number of piperidine rings is 1. The van der Waals surface area contributed by atoms with Crippen molar-refractivity contribution in [1.82, 2.24) is 5.32 Å². The molecule has 0 aromatic carbocycles. The molecular formula is C6H12FN. The predicted molar refractivity (Wildman–Crippen MR) is 31.6 cm³/mol. The fourth-order valence-corrected chi connectivity index (χ4v) is 1.00. The van der Waals surface area contributed by atoms with Crippen LogP contribution in [0.3, 0.4) is 0 Å². The summed E-state index contributed by atoms with van der Waals surface area (Å²) >= 11 is 0. The van der Waals surface area contributed by atoms with E-state index >= 15 is 0 Å². The summed E-state index contributed by atoms with van der Waals surface area (Å²) in [6.07, 6.45) is 1.13. The zero-order chi connectivity index (χ0) is 5.98. The Labute approximate surface area is 49.3 Å². The second kappa shape index (κ2) is 2.44. The van der Waals surface area contributed by atoms with E-state index in [4.69, 9.17) is 0 Å². The topological polar surface area (TPSA) is 12.0 Å². The lowest BCUT2D eigenvalue weighted by molar-refractivity contribution is 0.211. The van der Waals surface area contributed by atoms with Crippen molar-refractivity contribution in [3.63, 3.8) is 0 Å². The average Bonchev–Trinajstić information content (AvgIpc) is 1.77. The van der Waals surface area contributed by atoms with Crippen molar-refractivity contribution in [2.45, 2.75) is 32.0 Å². The number of hydrogen-bond acceptors (Lipinski definition) is 1. The van der Waals surface area contributed by atoms with Gasteiger partial charge in [0.25, 0.3) is 0 Å². The van der Waals surface area contributed by atoms with Gasteiger partial charge in [-0.25, -0.2) is 4.39 Å². The van der Waals surface area contributed by atoms with Crippen molar-refractivity contribution in [3.8, 4) is 0 Å². The number of hydrogen-bond donors (Lipinski definition) is 1. The standard InChI is InChI=1S/C6H12FN/c1-5-6(7)3-2-4-8-5/h5-6,8H,2-4H2,1H3. The van der Waals surface area contributed by atoms with E-state index in [0.717, 1.165) is 19.4 Å². The fourth-order valence-electron chi connectivity index (χ4n) is 1.00. The van der Waals surface area contributed by atoms with Crippen LogP contribution in [0.1, 0.15) is 19.8 Å². The second-order valence-electron chi connectivity index (χ2n) is 2.40. The Morgan fingerprint density at radius 3 is 2.75 bits per heavy atom. The molecular weight excluding hydrogens is 105 g/mol. The summed E-state index contributed by atoms with van der Waals surface area (Å²) in [5.74, 6) is 0. The Balaban J connectivity index is 2.28. The molecule has 0 spiro atoms. The summed E-state index contributed by atoms with van der Waals surface area (Å²) in [6.45, 7) is 2.88. The molecule has 1 heterocycles. The Morgan fingerprint density at radius 2 is 2.38 bits per heavy atom. The Kier molecular flexibility index (Phi) is 1.84. The van der Waals surface area contributed by atoms with Gasteiger partial charge in [-0.2, -0.15) is 0 Å². The first-order valence-corrected chi connectivity index (χ1v) is 3.18. The van der Waals surface area contributed by atoms with Crippen LogP contribution in [0, 0.1) is 0 Å². The maximum absolute atomic E-state index is 12.5. The van der Waals surface area contributed by atoms with Crippen LogP contribution in [-0.2, 0) is 0 Å². The van der Waals surface area contributed by atoms with Crippen LogP contribution < -0.4 is 5.32 Å². The van der Waals surface area contributed by atoms with E-state index in [1.165, 1.54) is 0 Å². The third kappa shape index (κ3) is 1.19. The highest BCUT2D eigenvalue weighted by Gasteiger charge is 2.18. The number of rotatable bonds is 0. The van der Waals surface area contributed by atoms with E-state index < -0.39 is 6.17 Å². The molecule has 1 aliphatic rings. The molecule has 0 radical (unpaired) electrons. The SMILES string of the molecule is CC1NCCCC1F. The summed E-state index contributed by atoms with van der Waals surface area (Å²) < 4.78 is 12.5. The van der Waals surface area contributed by atoms with Gasteiger partial charge in [0.05, 0.1) is 0 Å². The van der Waals surface area contributed by atoms with Gasteiger partial charge in [0.1, 0.15) is 6.17 Å². The van der Waals surface area contributed by atoms with E-state index in [9.17, 15) is 4.39 Å². The quantitative estimate of drug-likeness (QED) is 0.501. The van der Waals surface area contributed by atoms with Crippen LogP contribution >= 0.6 is 0 Å². The van der Waals surface area contributed by atoms with E-state index in [1.54, 1.807) is 0 Å². The van der Waals surface area contributed by atoms with Crippen molar-refractivity contribution < 1.29 is 4.39 Å². The molecule has 2 atom stereocenters. The van der Waals surface area contributed by atoms with Crippen molar-refractivity contribution in [3.05, 3.63) is 0 Å². The van der Waals surface area contributed by atoms with Crippen LogP contribution in [0.4, 0.5) is 4.39 Å². The van der Waals surface area contributed by atoms with E-state index in [0.29, 0.717) is 0 Å². The molecule has 0 amide bonds. The molecule has 0 aliphatic carbocycles. The minimum absolute atomic E-state index is 0.0868. The summed E-state index contributed by atoms with van der Waals surface area (Å²) in [4.78, 5) is 0. The minimum Gasteiger partial charge on any atom is -0.311 e. The molecule has 1 saturated heterocycles. The molecule has 0 aromatic rings. The van der Waals surface area contributed by atoms with Crippen LogP contribution in [0.5, 0.6) is 0 Å². The summed E-state index contributed by atoms with van der Waals surface area (Å²) in [5, 5.41) is 3.06. The van der Waals surface area contributed by atoms with Gasteiger partial charge in [-0.1, -0.05) is 0 Å². The van der Waals surface area contributed by atoms with Crippen molar-refractivity contribution in [2.75, 3.05) is 6.54 Å². The normalized spacial score (nSPS) is 39.8. The van der Waals surface area contributed by atoms with Gasteiger partial charge in [-0.3, -0.25) is 0 Å². The number of nitrogens with one attached hydrogen (secondary N) is 1. The first kappa shape index (κ1) is 6.02. The first-order chi connectivity index (χ1) is 3.80. The highest BCUT2D eigenvalue weighted by molar-refractivity contribution is 4.76. The lowest BCUT2D eigenvalue weighted by Crippen LogP contribution is -2.40. The monoisotopic (exact) mass is 117 g/mol. The maximum Gasteiger partial charge on any atom is 0.115 e. The Bertz CT molecular complexity index is 64.9. The third-order valence-corrected chi connectivity index (χ3v) is 1.67. The van der Waals surface area contributed by atoms with Crippen LogP contribution in [0.15, 0.2) is 0 Å². The second-order valence-corrected chi connectivity index (χ2v) is 2.40. The molecule has 0 bridgehead atoms. The Morgan fingerprint density at radius 1 is 1.62 bits per heavy atom. The fraction of sp³-hybridized carbons (Fsp3) is 1.00. The maximum atomic E-state index is 12.5. The predicted octanol–water partition coefficient (Wildman–Crippen LogP) is 1.10. The van der Waals surface area contributed by atoms with Gasteiger partial charge in [-0.05, 0) is 26.3 Å². The highest BCUT2D eigenvalue weighted by atomic mass is 19.1. The summed E-state index contributed by atoms with van der Waals surface area (Å²) in [6, 6.07) is 0.0868. The molecule has 1 nitrogen and oxygen atoms in total. The molecule has 1 N–H and O–H groups in total. The molecule has 2 unspecified atom stereocenters. The molecule has 48 valence electrons. The zero-order valence-corrected chi connectivity index (χ0v) is 5.15. The van der Waals surface area contributed by atoms with Gasteiger partial charge in [0.15, 0.2) is 0 Å². The van der Waals surface area contributed by atoms with Crippen LogP contribution in [0.25, 0.3) is 0 Å². The molecule has 2 heteroatoms. The third-order valence-electron chi connectivity index (χ3n) is 1.67. The van der Waals surface area contributed by atoms with Crippen molar-refractivity contribution >= 4 is 0 Å². The van der Waals surface area contributed by atoms with Gasteiger partial charge >= 0.3 is 0 Å². The van der Waals surface area contributed by atoms with Gasteiger partial charge in [-0.15, -0.1) is 0 Å². The average molecular weight is 117 g/mol. The summed E-state index contributed by atoms with van der Waals surface area (Å²) in [7, 11) is 0. The highest BCUT2D eigenvalue weighted by Crippen LogP contribution is 2.10. The largest absolute Gasteiger partial charge is 0.311 e. The van der Waals surface area contributed by atoms with E-state index in [1.807, 2.05) is 6.92 Å². The van der Waals surface area contributed by atoms with Crippen LogP contribution in [0.2, 0.25) is 0 Å². The van der Waals surface area contributed by atoms with Gasteiger partial charge in [0.2, 0.25) is 0 Å². The lowest BCUT2D eigenvalue weighted by atomic mass is 10.1. The van der Waals surface area contributed by atoms with Crippen molar-refractivity contribution in [2.24, 2.45) is 0 Å². The molecule has 0 saturated carbocycles. The zero-order valence-electron chi connectivity index (χ0n) is 5.15. The van der Waals surface area contributed by atoms with Crippen LogP contribution in [-0.4, -0.2) is 18.8 Å². The van der Waals surface area contributed by atoms with E-state index in [-0.39, 0.29) is 6.04 Å². The van der Waals surface area contributed by atoms with Gasteiger partial charge < -0.3 is 5.32 Å². The lowest BCUT2D eigenvalue weighted by Gasteiger charge is -2.23. The van der Waals surface area contributed by atoms with Crippen molar-refractivity contribution in [1.29, 1.82) is 0 Å². The number of halogens is 1. The molecule has 0 aromatic heterocycles. The minimum atomic E-state index is -0.608. The molecule has 1 rings (SSSR count). The molecule has 1 fully saturated rings. The number of alkyl halides is 1. The summed E-state index contributed by atoms with van der Waals surface area (Å²) in [5.41, 5.74) is 0. The smallest absolute Gasteiger partial charge is 0.115 e. The first-order valence-electron chi connectivity index (χ1n) is 3.18. The van der Waals surface area contributed by atoms with Gasteiger partial charge in [0, 0.05) is 6.04 Å².